The fourth-order valence-electron chi connectivity index (χ4n) is 2.29. The number of unbranched alkanes of at least 4 members (excludes halogenated alkanes) is 2. The summed E-state index contributed by atoms with van der Waals surface area (Å²) >= 11 is 3.30. The minimum absolute atomic E-state index is 0.235. The lowest BCUT2D eigenvalue weighted by molar-refractivity contribution is 0.570. The van der Waals surface area contributed by atoms with Gasteiger partial charge in [0.05, 0.1) is 4.90 Å². The van der Waals surface area contributed by atoms with Crippen molar-refractivity contribution in [2.75, 3.05) is 0 Å². The predicted molar refractivity (Wildman–Crippen MR) is 92.5 cm³/mol. The van der Waals surface area contributed by atoms with Crippen molar-refractivity contribution in [1.82, 2.24) is 10.3 Å². The smallest absolute Gasteiger partial charge is 0.257 e. The topological polar surface area (TPSA) is 58.2 Å². The highest BCUT2D eigenvalue weighted by Gasteiger charge is 2.16. The quantitative estimate of drug-likeness (QED) is 0.525. The molecule has 0 heterocycles. The zero-order valence-electron chi connectivity index (χ0n) is 12.6. The van der Waals surface area contributed by atoms with Crippen LogP contribution in [0.5, 0.6) is 0 Å². The van der Waals surface area contributed by atoms with Crippen LogP contribution in [0.15, 0.2) is 57.1 Å². The van der Waals surface area contributed by atoms with E-state index in [0.717, 1.165) is 29.4 Å². The molecule has 0 amide bonds. The van der Waals surface area contributed by atoms with Crippen LogP contribution in [0.4, 0.5) is 0 Å². The molecular formula is C16H21BrN2O2S. The van der Waals surface area contributed by atoms with Crippen molar-refractivity contribution in [3.8, 4) is 0 Å². The minimum atomic E-state index is -3.56. The Balaban J connectivity index is 1.94. The van der Waals surface area contributed by atoms with Gasteiger partial charge in [0.15, 0.2) is 0 Å². The molecule has 0 unspecified atom stereocenters. The van der Waals surface area contributed by atoms with E-state index in [4.69, 9.17) is 0 Å². The van der Waals surface area contributed by atoms with Crippen molar-refractivity contribution in [2.24, 2.45) is 0 Å². The molecule has 120 valence electrons. The molecule has 0 aliphatic heterocycles. The van der Waals surface area contributed by atoms with Crippen molar-refractivity contribution in [2.45, 2.75) is 43.9 Å². The maximum absolute atomic E-state index is 12.2. The van der Waals surface area contributed by atoms with E-state index in [1.54, 1.807) is 24.3 Å². The largest absolute Gasteiger partial charge is 0.308 e. The van der Waals surface area contributed by atoms with Crippen molar-refractivity contribution >= 4 is 26.0 Å². The second-order valence-corrected chi connectivity index (χ2v) is 7.82. The van der Waals surface area contributed by atoms with E-state index >= 15 is 0 Å². The van der Waals surface area contributed by atoms with Gasteiger partial charge in [-0.3, -0.25) is 0 Å². The molecule has 2 N–H and O–H groups in total. The first-order valence-corrected chi connectivity index (χ1v) is 9.73. The lowest BCUT2D eigenvalue weighted by Gasteiger charge is -2.13. The summed E-state index contributed by atoms with van der Waals surface area (Å²) in [5, 5.41) is 0. The molecule has 6 heteroatoms. The van der Waals surface area contributed by atoms with Gasteiger partial charge in [-0.05, 0) is 49.1 Å². The van der Waals surface area contributed by atoms with Gasteiger partial charge in [0, 0.05) is 10.2 Å². The standard InChI is InChI=1S/C16H21BrN2O2S/c1-2-3-4-6-13-7-5-8-16(13)18-19-22(20,21)15-11-9-14(17)10-12-15/h7-12,18-19H,2-6H2,1H3. The third kappa shape index (κ3) is 4.69. The zero-order valence-corrected chi connectivity index (χ0v) is 15.0. The molecule has 1 aliphatic rings. The lowest BCUT2D eigenvalue weighted by Crippen LogP contribution is -2.36. The number of hydrazine groups is 1. The van der Waals surface area contributed by atoms with Crippen LogP contribution in [0.3, 0.4) is 0 Å². The van der Waals surface area contributed by atoms with Crippen molar-refractivity contribution in [3.05, 3.63) is 52.2 Å². The molecule has 1 aromatic carbocycles. The third-order valence-electron chi connectivity index (χ3n) is 3.53. The summed E-state index contributed by atoms with van der Waals surface area (Å²) in [6.07, 6.45) is 9.47. The van der Waals surface area contributed by atoms with Gasteiger partial charge in [-0.15, -0.1) is 4.83 Å². The Kier molecular flexibility index (Phi) is 6.23. The molecule has 2 rings (SSSR count). The van der Waals surface area contributed by atoms with Crippen molar-refractivity contribution < 1.29 is 8.42 Å². The highest BCUT2D eigenvalue weighted by atomic mass is 79.9. The van der Waals surface area contributed by atoms with Crippen LogP contribution >= 0.6 is 15.9 Å². The fourth-order valence-corrected chi connectivity index (χ4v) is 3.41. The Morgan fingerprint density at radius 3 is 2.55 bits per heavy atom. The normalized spacial score (nSPS) is 14.6. The van der Waals surface area contributed by atoms with Crippen LogP contribution in [0, 0.1) is 0 Å². The zero-order chi connectivity index (χ0) is 16.0. The molecule has 0 saturated carbocycles. The second kappa shape index (κ2) is 7.94. The van der Waals surface area contributed by atoms with Gasteiger partial charge in [-0.1, -0.05) is 47.8 Å². The molecular weight excluding hydrogens is 364 g/mol. The summed E-state index contributed by atoms with van der Waals surface area (Å²) in [5.41, 5.74) is 4.91. The van der Waals surface area contributed by atoms with Crippen molar-refractivity contribution in [1.29, 1.82) is 0 Å². The summed E-state index contributed by atoms with van der Waals surface area (Å²) in [6, 6.07) is 6.54. The van der Waals surface area contributed by atoms with Crippen LogP contribution in [0.25, 0.3) is 0 Å². The Hall–Kier alpha value is -1.11. The molecule has 0 saturated heterocycles. The van der Waals surface area contributed by atoms with Gasteiger partial charge in [-0.2, -0.15) is 0 Å². The van der Waals surface area contributed by atoms with Crippen molar-refractivity contribution in [3.63, 3.8) is 0 Å². The van der Waals surface area contributed by atoms with Gasteiger partial charge < -0.3 is 5.43 Å². The van der Waals surface area contributed by atoms with Gasteiger partial charge in [0.1, 0.15) is 0 Å². The number of allylic oxidation sites excluding steroid dienone is 3. The third-order valence-corrected chi connectivity index (χ3v) is 5.32. The van der Waals surface area contributed by atoms with E-state index < -0.39 is 10.0 Å². The van der Waals surface area contributed by atoms with Crippen LogP contribution in [0.1, 0.15) is 39.0 Å². The first kappa shape index (κ1) is 17.2. The highest BCUT2D eigenvalue weighted by Crippen LogP contribution is 2.22. The van der Waals surface area contributed by atoms with Gasteiger partial charge in [0.25, 0.3) is 10.0 Å². The molecule has 22 heavy (non-hydrogen) atoms. The molecule has 0 radical (unpaired) electrons. The Bertz CT molecular complexity index is 664. The van der Waals surface area contributed by atoms with E-state index in [0.29, 0.717) is 0 Å². The number of halogens is 1. The summed E-state index contributed by atoms with van der Waals surface area (Å²) in [5.74, 6) is 0. The Morgan fingerprint density at radius 1 is 1.14 bits per heavy atom. The lowest BCUT2D eigenvalue weighted by atomic mass is 10.1. The SMILES string of the molecule is CCCCCC1=CCC=C1NNS(=O)(=O)c1ccc(Br)cc1. The maximum Gasteiger partial charge on any atom is 0.257 e. The van der Waals surface area contributed by atoms with E-state index in [2.05, 4.69) is 39.2 Å². The van der Waals surface area contributed by atoms with E-state index in [9.17, 15) is 8.42 Å². The fraction of sp³-hybridized carbons (Fsp3) is 0.375. The van der Waals surface area contributed by atoms with Crippen LogP contribution in [0.2, 0.25) is 0 Å². The average Bonchev–Trinajstić information content (AvgIpc) is 2.94. The molecule has 1 aromatic rings. The van der Waals surface area contributed by atoms with Crippen LogP contribution < -0.4 is 10.3 Å². The van der Waals surface area contributed by atoms with Crippen LogP contribution in [-0.2, 0) is 10.0 Å². The first-order chi connectivity index (χ1) is 10.5. The number of nitrogens with one attached hydrogen (secondary N) is 2. The van der Waals surface area contributed by atoms with Gasteiger partial charge in [0.2, 0.25) is 0 Å². The van der Waals surface area contributed by atoms with E-state index in [1.807, 2.05) is 6.08 Å². The Labute approximate surface area is 140 Å². The minimum Gasteiger partial charge on any atom is -0.308 e. The Morgan fingerprint density at radius 2 is 1.86 bits per heavy atom. The number of benzene rings is 1. The number of sulfonamides is 1. The number of hydrogen-bond acceptors (Lipinski definition) is 3. The molecule has 1 aliphatic carbocycles. The van der Waals surface area contributed by atoms with Gasteiger partial charge in [-0.25, -0.2) is 8.42 Å². The van der Waals surface area contributed by atoms with E-state index in [-0.39, 0.29) is 4.90 Å². The summed E-state index contributed by atoms with van der Waals surface area (Å²) in [4.78, 5) is 2.69. The van der Waals surface area contributed by atoms with Crippen LogP contribution in [-0.4, -0.2) is 8.42 Å². The summed E-state index contributed by atoms with van der Waals surface area (Å²) < 4.78 is 25.3. The molecule has 4 nitrogen and oxygen atoms in total. The van der Waals surface area contributed by atoms with E-state index in [1.165, 1.54) is 18.4 Å². The maximum atomic E-state index is 12.2. The summed E-state index contributed by atoms with van der Waals surface area (Å²) in [7, 11) is -3.56. The predicted octanol–water partition coefficient (Wildman–Crippen LogP) is 4.03. The van der Waals surface area contributed by atoms with Gasteiger partial charge >= 0.3 is 0 Å². The number of rotatable bonds is 8. The monoisotopic (exact) mass is 384 g/mol. The molecule has 0 fully saturated rings. The highest BCUT2D eigenvalue weighted by molar-refractivity contribution is 9.10. The second-order valence-electron chi connectivity index (χ2n) is 5.22. The first-order valence-electron chi connectivity index (χ1n) is 7.46. The molecule has 0 spiro atoms. The molecule has 0 bridgehead atoms. The number of hydrogen-bond donors (Lipinski definition) is 2. The average molecular weight is 385 g/mol. The molecule has 0 aromatic heterocycles. The summed E-state index contributed by atoms with van der Waals surface area (Å²) in [6.45, 7) is 2.17. The molecule has 0 atom stereocenters.